The Kier molecular flexibility index (Phi) is 10.6. The second-order valence-corrected chi connectivity index (χ2v) is 17.5. The van der Waals surface area contributed by atoms with E-state index >= 15 is 0 Å². The highest BCUT2D eigenvalue weighted by Gasteiger charge is 2.47. The van der Waals surface area contributed by atoms with Crippen LogP contribution in [0.5, 0.6) is 5.75 Å². The van der Waals surface area contributed by atoms with E-state index in [0.29, 0.717) is 39.2 Å². The summed E-state index contributed by atoms with van der Waals surface area (Å²) in [5.74, 6) is -0.826. The molecular weight excluding hydrogens is 774 g/mol. The zero-order valence-corrected chi connectivity index (χ0v) is 33.7. The molecule has 2 N–H and O–H groups in total. The van der Waals surface area contributed by atoms with Crippen LogP contribution >= 0.6 is 11.6 Å². The minimum Gasteiger partial charge on any atom is -0.490 e. The van der Waals surface area contributed by atoms with Crippen molar-refractivity contribution < 1.29 is 28.7 Å². The lowest BCUT2D eigenvalue weighted by Gasteiger charge is -2.55. The standard InChI is InChI=1S/C43H48ClN9O6/c1-45-35-9-7-31(23-34(35)44)59-30-5-2-28(3-6-30)46-39(55)36-14-19-52(48-36)51-17-12-27(13-18-51)24-49-20-15-43(16-21-49)25-50(26-43)29-4-8-32-33(22-29)42(58)53(41(32)57)37-10-11-38(54)47-40(37)56/h4,7-9,14,19,22-23,27-28,30,37H,2-3,5-6,10-13,15-18,20-21,24-26H2,(H,46,55)(H,47,54,56). The van der Waals surface area contributed by atoms with Gasteiger partial charge in [-0.25, -0.2) is 4.85 Å². The average molecular weight is 822 g/mol. The van der Waals surface area contributed by atoms with E-state index in [4.69, 9.17) is 22.9 Å². The molecule has 6 aliphatic rings. The quantitative estimate of drug-likeness (QED) is 0.232. The number of likely N-dealkylation sites (tertiary alicyclic amines) is 1. The van der Waals surface area contributed by atoms with Gasteiger partial charge in [0.25, 0.3) is 17.7 Å². The number of anilines is 1. The highest BCUT2D eigenvalue weighted by Crippen LogP contribution is 2.44. The van der Waals surface area contributed by atoms with Gasteiger partial charge in [-0.2, -0.15) is 4.79 Å². The molecule has 1 unspecified atom stereocenters. The molecule has 5 aliphatic heterocycles. The number of imide groups is 2. The van der Waals surface area contributed by atoms with Crippen molar-refractivity contribution in [2.24, 2.45) is 11.3 Å². The molecule has 1 saturated carbocycles. The van der Waals surface area contributed by atoms with Crippen molar-refractivity contribution in [1.29, 1.82) is 0 Å². The largest absolute Gasteiger partial charge is 0.490 e. The second kappa shape index (κ2) is 16.0. The van der Waals surface area contributed by atoms with Crippen LogP contribution in [0.1, 0.15) is 95.4 Å². The Hall–Kier alpha value is -5.46. The van der Waals surface area contributed by atoms with Crippen LogP contribution in [0.25, 0.3) is 4.85 Å². The number of nitrogens with zero attached hydrogens (tertiary/aromatic N) is 7. The van der Waals surface area contributed by atoms with Crippen molar-refractivity contribution in [3.8, 4) is 5.75 Å². The van der Waals surface area contributed by atoms with Crippen molar-refractivity contribution in [3.05, 3.63) is 81.9 Å². The summed E-state index contributed by atoms with van der Waals surface area (Å²) in [7, 11) is 0. The third kappa shape index (κ3) is 7.88. The first-order chi connectivity index (χ1) is 28.5. The zero-order valence-electron chi connectivity index (χ0n) is 32.9. The lowest BCUT2D eigenvalue weighted by molar-refractivity contribution is -0.136. The maximum absolute atomic E-state index is 13.3. The zero-order chi connectivity index (χ0) is 40.8. The smallest absolute Gasteiger partial charge is 0.272 e. The fraction of sp³-hybridized carbons (Fsp3) is 0.512. The summed E-state index contributed by atoms with van der Waals surface area (Å²) in [6, 6.07) is 11.4. The van der Waals surface area contributed by atoms with E-state index in [1.165, 1.54) is 0 Å². The highest BCUT2D eigenvalue weighted by molar-refractivity contribution is 6.33. The predicted molar refractivity (Wildman–Crippen MR) is 218 cm³/mol. The molecule has 3 aromatic rings. The van der Waals surface area contributed by atoms with Gasteiger partial charge >= 0.3 is 0 Å². The lowest BCUT2D eigenvalue weighted by Crippen LogP contribution is -2.60. The van der Waals surface area contributed by atoms with E-state index in [0.717, 1.165) is 108 Å². The van der Waals surface area contributed by atoms with E-state index in [9.17, 15) is 24.0 Å². The van der Waals surface area contributed by atoms with Crippen molar-refractivity contribution >= 4 is 52.5 Å². The van der Waals surface area contributed by atoms with Crippen LogP contribution in [0.15, 0.2) is 48.7 Å². The number of hydrogen-bond donors (Lipinski definition) is 2. The van der Waals surface area contributed by atoms with Crippen LogP contribution < -0.4 is 25.3 Å². The predicted octanol–water partition coefficient (Wildman–Crippen LogP) is 4.56. The molecule has 1 aromatic heterocycles. The van der Waals surface area contributed by atoms with Crippen molar-refractivity contribution in [1.82, 2.24) is 30.3 Å². The molecule has 9 rings (SSSR count). The summed E-state index contributed by atoms with van der Waals surface area (Å²) in [6.45, 7) is 14.0. The Labute approximate surface area is 347 Å². The number of halogens is 1. The molecular formula is C43H48ClN9O6. The van der Waals surface area contributed by atoms with Crippen LogP contribution in [-0.2, 0) is 9.59 Å². The minimum absolute atomic E-state index is 0.0397. The number of carbonyl (C=O) groups excluding carboxylic acids is 5. The molecule has 6 heterocycles. The molecule has 5 amide bonds. The number of hydrogen-bond acceptors (Lipinski definition) is 10. The van der Waals surface area contributed by atoms with Gasteiger partial charge in [-0.15, -0.1) is 5.10 Å². The van der Waals surface area contributed by atoms with Crippen molar-refractivity contribution in [2.75, 3.05) is 55.7 Å². The van der Waals surface area contributed by atoms with Gasteiger partial charge in [0.1, 0.15) is 11.8 Å². The summed E-state index contributed by atoms with van der Waals surface area (Å²) in [4.78, 5) is 74.8. The number of piperidine rings is 3. The van der Waals surface area contributed by atoms with Gasteiger partial charge in [-0.3, -0.25) is 39.2 Å². The fourth-order valence-electron chi connectivity index (χ4n) is 9.82. The Morgan fingerprint density at radius 2 is 1.66 bits per heavy atom. The average Bonchev–Trinajstić information content (AvgIpc) is 3.81. The third-order valence-corrected chi connectivity index (χ3v) is 13.6. The minimum atomic E-state index is -0.965. The number of aromatic nitrogens is 2. The van der Waals surface area contributed by atoms with Crippen LogP contribution in [0.2, 0.25) is 5.02 Å². The number of nitrogens with one attached hydrogen (secondary N) is 2. The topological polar surface area (TPSA) is 154 Å². The second-order valence-electron chi connectivity index (χ2n) is 17.1. The molecule has 1 aliphatic carbocycles. The Bertz CT molecular complexity index is 2210. The summed E-state index contributed by atoms with van der Waals surface area (Å²) in [6.07, 6.45) is 9.79. The molecule has 0 radical (unpaired) electrons. The van der Waals surface area contributed by atoms with Crippen LogP contribution in [-0.4, -0.2) is 113 Å². The van der Waals surface area contributed by atoms with Crippen molar-refractivity contribution in [2.45, 2.75) is 82.4 Å². The molecule has 308 valence electrons. The highest BCUT2D eigenvalue weighted by atomic mass is 35.5. The molecule has 16 heteroatoms. The number of fused-ring (bicyclic) bond motifs is 1. The van der Waals surface area contributed by atoms with Gasteiger partial charge < -0.3 is 19.9 Å². The van der Waals surface area contributed by atoms with Crippen LogP contribution in [0.4, 0.5) is 11.4 Å². The van der Waals surface area contributed by atoms with E-state index in [1.54, 1.807) is 36.4 Å². The first kappa shape index (κ1) is 39.0. The Balaban J connectivity index is 0.687. The van der Waals surface area contributed by atoms with Gasteiger partial charge in [0.05, 0.1) is 28.8 Å². The monoisotopic (exact) mass is 821 g/mol. The molecule has 4 saturated heterocycles. The molecule has 15 nitrogen and oxygen atoms in total. The van der Waals surface area contributed by atoms with E-state index in [1.807, 2.05) is 17.1 Å². The summed E-state index contributed by atoms with van der Waals surface area (Å²) in [5, 5.41) is 12.7. The maximum Gasteiger partial charge on any atom is 0.272 e. The normalized spacial score (nSPS) is 24.7. The number of rotatable bonds is 9. The molecule has 0 bridgehead atoms. The van der Waals surface area contributed by atoms with Gasteiger partial charge in [0, 0.05) is 62.5 Å². The van der Waals surface area contributed by atoms with Crippen molar-refractivity contribution in [3.63, 3.8) is 0 Å². The maximum atomic E-state index is 13.3. The third-order valence-electron chi connectivity index (χ3n) is 13.3. The molecule has 2 aromatic carbocycles. The first-order valence-electron chi connectivity index (χ1n) is 20.8. The van der Waals surface area contributed by atoms with E-state index in [2.05, 4.69) is 35.4 Å². The molecule has 1 atom stereocenters. The van der Waals surface area contributed by atoms with E-state index < -0.39 is 23.8 Å². The van der Waals surface area contributed by atoms with Crippen LogP contribution in [0, 0.1) is 17.9 Å². The molecule has 5 fully saturated rings. The van der Waals surface area contributed by atoms with Gasteiger partial charge in [-0.05, 0) is 113 Å². The van der Waals surface area contributed by atoms with Gasteiger partial charge in [0.2, 0.25) is 17.5 Å². The SMILES string of the molecule is [C-]#[N+]c1ccc(OC2CCC(NC(=O)c3ccn(N4CCC(CN5CCC6(CC5)CN(c5ccc7c(c5)C(=O)N(C5CCC(=O)NC5=O)C7=O)C6)CC4)n3)CC2)cc1Cl. The summed E-state index contributed by atoms with van der Waals surface area (Å²) < 4.78 is 6.11. The number of benzene rings is 2. The number of amides is 5. The first-order valence-corrected chi connectivity index (χ1v) is 21.2. The molecule has 59 heavy (non-hydrogen) atoms. The summed E-state index contributed by atoms with van der Waals surface area (Å²) >= 11 is 6.17. The number of carbonyl (C=O) groups is 5. The Morgan fingerprint density at radius 1 is 0.915 bits per heavy atom. The van der Waals surface area contributed by atoms with Gasteiger partial charge in [-0.1, -0.05) is 17.7 Å². The number of ether oxygens (including phenoxy) is 1. The van der Waals surface area contributed by atoms with Gasteiger partial charge in [0.15, 0.2) is 5.69 Å². The van der Waals surface area contributed by atoms with Crippen LogP contribution in [0.3, 0.4) is 0 Å². The molecule has 1 spiro atoms. The fourth-order valence-corrected chi connectivity index (χ4v) is 10.0. The Morgan fingerprint density at radius 3 is 2.37 bits per heavy atom. The summed E-state index contributed by atoms with van der Waals surface area (Å²) in [5.41, 5.74) is 2.63. The lowest BCUT2D eigenvalue weighted by atomic mass is 9.71. The van der Waals surface area contributed by atoms with E-state index in [-0.39, 0.29) is 42.2 Å².